The van der Waals surface area contributed by atoms with E-state index in [4.69, 9.17) is 4.98 Å². The summed E-state index contributed by atoms with van der Waals surface area (Å²) in [5, 5.41) is 0.935. The Morgan fingerprint density at radius 1 is 1.15 bits per heavy atom. The smallest absolute Gasteiger partial charge is 0.128 e. The highest BCUT2D eigenvalue weighted by atomic mass is 32.1. The lowest BCUT2D eigenvalue weighted by Crippen LogP contribution is -2.30. The van der Waals surface area contributed by atoms with Gasteiger partial charge in [-0.05, 0) is 30.7 Å². The van der Waals surface area contributed by atoms with Gasteiger partial charge in [-0.25, -0.2) is 19.3 Å². The van der Waals surface area contributed by atoms with E-state index >= 15 is 0 Å². The molecule has 4 nitrogen and oxygen atoms in total. The van der Waals surface area contributed by atoms with Crippen molar-refractivity contribution in [3.05, 3.63) is 64.4 Å². The number of hydrogen-bond acceptors (Lipinski definition) is 5. The predicted molar refractivity (Wildman–Crippen MR) is 101 cm³/mol. The molecule has 0 saturated carbocycles. The molecule has 0 amide bonds. The van der Waals surface area contributed by atoms with Crippen LogP contribution in [0, 0.1) is 5.82 Å². The van der Waals surface area contributed by atoms with Crippen LogP contribution in [0.1, 0.15) is 35.3 Å². The summed E-state index contributed by atoms with van der Waals surface area (Å²) in [6.45, 7) is 4.90. The number of aryl methyl sites for hydroxylation is 1. The molecule has 1 aliphatic rings. The van der Waals surface area contributed by atoms with Crippen molar-refractivity contribution < 1.29 is 4.39 Å². The highest BCUT2D eigenvalue weighted by Crippen LogP contribution is 2.27. The minimum atomic E-state index is -0.221. The fourth-order valence-corrected chi connectivity index (χ4v) is 4.18. The largest absolute Gasteiger partial charge is 0.293 e. The van der Waals surface area contributed by atoms with Crippen LogP contribution < -0.4 is 0 Å². The lowest BCUT2D eigenvalue weighted by molar-refractivity contribution is 0.244. The van der Waals surface area contributed by atoms with Gasteiger partial charge in [0.1, 0.15) is 16.6 Å². The molecule has 0 spiro atoms. The fourth-order valence-electron chi connectivity index (χ4n) is 3.22. The first-order valence-electron chi connectivity index (χ1n) is 8.98. The summed E-state index contributed by atoms with van der Waals surface area (Å²) in [6.07, 6.45) is 6.92. The summed E-state index contributed by atoms with van der Waals surface area (Å²) in [7, 11) is 0. The number of aromatic nitrogens is 3. The van der Waals surface area contributed by atoms with Gasteiger partial charge in [0.15, 0.2) is 0 Å². The lowest BCUT2D eigenvalue weighted by atomic mass is 10.1. The van der Waals surface area contributed by atoms with Crippen molar-refractivity contribution in [1.29, 1.82) is 0 Å². The van der Waals surface area contributed by atoms with E-state index in [-0.39, 0.29) is 5.82 Å². The first kappa shape index (κ1) is 17.2. The van der Waals surface area contributed by atoms with E-state index in [1.54, 1.807) is 23.5 Å². The first-order chi connectivity index (χ1) is 12.7. The number of benzene rings is 1. The van der Waals surface area contributed by atoms with Crippen molar-refractivity contribution in [2.45, 2.75) is 39.3 Å². The van der Waals surface area contributed by atoms with Crippen molar-refractivity contribution in [3.63, 3.8) is 0 Å². The molecule has 6 heteroatoms. The second-order valence-electron chi connectivity index (χ2n) is 6.61. The van der Waals surface area contributed by atoms with Crippen LogP contribution in [0.4, 0.5) is 4.39 Å². The number of hydrogen-bond donors (Lipinski definition) is 0. The van der Waals surface area contributed by atoms with Gasteiger partial charge in [-0.2, -0.15) is 0 Å². The molecule has 1 aliphatic heterocycles. The van der Waals surface area contributed by atoms with Crippen molar-refractivity contribution in [2.75, 3.05) is 6.54 Å². The molecule has 26 heavy (non-hydrogen) atoms. The van der Waals surface area contributed by atoms with E-state index in [0.29, 0.717) is 0 Å². The Morgan fingerprint density at radius 2 is 2.00 bits per heavy atom. The van der Waals surface area contributed by atoms with Gasteiger partial charge < -0.3 is 0 Å². The van der Waals surface area contributed by atoms with Gasteiger partial charge in [0, 0.05) is 66.6 Å². The molecule has 0 radical (unpaired) electrons. The minimum absolute atomic E-state index is 0.221. The van der Waals surface area contributed by atoms with E-state index < -0.39 is 0 Å². The molecule has 134 valence electrons. The van der Waals surface area contributed by atoms with Gasteiger partial charge in [-0.1, -0.05) is 6.92 Å². The second kappa shape index (κ2) is 7.60. The van der Waals surface area contributed by atoms with Crippen LogP contribution in [-0.4, -0.2) is 26.4 Å². The van der Waals surface area contributed by atoms with Crippen molar-refractivity contribution in [3.8, 4) is 10.6 Å². The molecular weight excluding hydrogens is 347 g/mol. The molecule has 4 rings (SSSR count). The second-order valence-corrected chi connectivity index (χ2v) is 7.72. The standard InChI is InChI=1S/C20H21FN4S/c1-2-3-19-22-10-15-12-25(9-8-18(15)24-19)13-17-11-23-20(26-17)14-4-6-16(21)7-5-14/h4-7,10-11H,2-3,8-9,12-13H2,1H3. The number of fused-ring (bicyclic) bond motifs is 1. The average Bonchev–Trinajstić information content (AvgIpc) is 3.11. The van der Waals surface area contributed by atoms with Crippen LogP contribution in [0.15, 0.2) is 36.7 Å². The third-order valence-corrected chi connectivity index (χ3v) is 5.59. The van der Waals surface area contributed by atoms with E-state index in [2.05, 4.69) is 21.8 Å². The zero-order chi connectivity index (χ0) is 17.9. The number of nitrogens with zero attached hydrogens (tertiary/aromatic N) is 4. The molecule has 0 aliphatic carbocycles. The Morgan fingerprint density at radius 3 is 2.81 bits per heavy atom. The zero-order valence-corrected chi connectivity index (χ0v) is 15.6. The summed E-state index contributed by atoms with van der Waals surface area (Å²) in [5.41, 5.74) is 3.40. The maximum atomic E-state index is 13.1. The predicted octanol–water partition coefficient (Wildman–Crippen LogP) is 4.25. The van der Waals surface area contributed by atoms with Gasteiger partial charge in [0.25, 0.3) is 0 Å². The summed E-state index contributed by atoms with van der Waals surface area (Å²) < 4.78 is 13.1. The fraction of sp³-hybridized carbons (Fsp3) is 0.350. The molecule has 0 N–H and O–H groups in total. The van der Waals surface area contributed by atoms with Crippen molar-refractivity contribution in [1.82, 2.24) is 19.9 Å². The maximum absolute atomic E-state index is 13.1. The molecule has 2 aromatic heterocycles. The van der Waals surface area contributed by atoms with Crippen molar-refractivity contribution >= 4 is 11.3 Å². The highest BCUT2D eigenvalue weighted by Gasteiger charge is 2.19. The molecule has 3 aromatic rings. The quantitative estimate of drug-likeness (QED) is 0.675. The number of rotatable bonds is 5. The summed E-state index contributed by atoms with van der Waals surface area (Å²) in [5.74, 6) is 0.743. The van der Waals surface area contributed by atoms with E-state index in [9.17, 15) is 4.39 Å². The van der Waals surface area contributed by atoms with E-state index in [1.165, 1.54) is 28.3 Å². The minimum Gasteiger partial charge on any atom is -0.293 e. The molecular formula is C20H21FN4S. The molecule has 0 fully saturated rings. The molecule has 0 bridgehead atoms. The van der Waals surface area contributed by atoms with E-state index in [1.807, 2.05) is 12.4 Å². The summed E-state index contributed by atoms with van der Waals surface area (Å²) in [6, 6.07) is 6.51. The number of thiazole rings is 1. The topological polar surface area (TPSA) is 41.9 Å². The van der Waals surface area contributed by atoms with Crippen molar-refractivity contribution in [2.24, 2.45) is 0 Å². The summed E-state index contributed by atoms with van der Waals surface area (Å²) in [4.78, 5) is 17.3. The third kappa shape index (κ3) is 3.81. The monoisotopic (exact) mass is 368 g/mol. The zero-order valence-electron chi connectivity index (χ0n) is 14.8. The number of halogens is 1. The lowest BCUT2D eigenvalue weighted by Gasteiger charge is -2.27. The Labute approximate surface area is 156 Å². The maximum Gasteiger partial charge on any atom is 0.128 e. The van der Waals surface area contributed by atoms with Gasteiger partial charge in [0.2, 0.25) is 0 Å². The summed E-state index contributed by atoms with van der Waals surface area (Å²) >= 11 is 1.67. The van der Waals surface area contributed by atoms with Crippen LogP contribution in [-0.2, 0) is 25.9 Å². The van der Waals surface area contributed by atoms with Crippen LogP contribution >= 0.6 is 11.3 Å². The highest BCUT2D eigenvalue weighted by molar-refractivity contribution is 7.15. The Balaban J connectivity index is 1.43. The average molecular weight is 368 g/mol. The van der Waals surface area contributed by atoms with Gasteiger partial charge in [-0.3, -0.25) is 4.90 Å². The third-order valence-electron chi connectivity index (χ3n) is 4.56. The Bertz CT molecular complexity index is 891. The van der Waals surface area contributed by atoms with Crippen LogP contribution in [0.2, 0.25) is 0 Å². The van der Waals surface area contributed by atoms with Gasteiger partial charge >= 0.3 is 0 Å². The van der Waals surface area contributed by atoms with Gasteiger partial charge in [0.05, 0.1) is 0 Å². The molecule has 0 unspecified atom stereocenters. The molecule has 0 atom stereocenters. The normalized spacial score (nSPS) is 14.4. The Hall–Kier alpha value is -2.18. The van der Waals surface area contributed by atoms with Gasteiger partial charge in [-0.15, -0.1) is 11.3 Å². The molecule has 1 aromatic carbocycles. The van der Waals surface area contributed by atoms with E-state index in [0.717, 1.165) is 55.3 Å². The Kier molecular flexibility index (Phi) is 5.04. The first-order valence-corrected chi connectivity index (χ1v) is 9.79. The van der Waals surface area contributed by atoms with Crippen LogP contribution in [0.5, 0.6) is 0 Å². The van der Waals surface area contributed by atoms with Crippen LogP contribution in [0.25, 0.3) is 10.6 Å². The molecule has 0 saturated heterocycles. The molecule has 3 heterocycles. The SMILES string of the molecule is CCCc1ncc2c(n1)CCN(Cc1cnc(-c3ccc(F)cc3)s1)C2. The van der Waals surface area contributed by atoms with Crippen LogP contribution in [0.3, 0.4) is 0 Å².